The normalized spacial score (nSPS) is 21.4. The predicted molar refractivity (Wildman–Crippen MR) is 89.3 cm³/mol. The molecule has 0 bridgehead atoms. The van der Waals surface area contributed by atoms with Crippen molar-refractivity contribution in [1.29, 1.82) is 0 Å². The van der Waals surface area contributed by atoms with E-state index < -0.39 is 0 Å². The SMILES string of the molecule is Cc1sc(CNC(C)(C)C)cc1CN1CCCC(C)C1. The van der Waals surface area contributed by atoms with Crippen molar-refractivity contribution in [2.45, 2.75) is 66.1 Å². The predicted octanol–water partition coefficient (Wildman–Crippen LogP) is 4.18. The van der Waals surface area contributed by atoms with Gasteiger partial charge in [-0.3, -0.25) is 4.90 Å². The quantitative estimate of drug-likeness (QED) is 0.896. The summed E-state index contributed by atoms with van der Waals surface area (Å²) in [5.74, 6) is 0.865. The highest BCUT2D eigenvalue weighted by molar-refractivity contribution is 7.12. The molecule has 2 rings (SSSR count). The Morgan fingerprint density at radius 1 is 1.40 bits per heavy atom. The van der Waals surface area contributed by atoms with Gasteiger partial charge in [0.2, 0.25) is 0 Å². The highest BCUT2D eigenvalue weighted by atomic mass is 32.1. The monoisotopic (exact) mass is 294 g/mol. The maximum atomic E-state index is 3.59. The van der Waals surface area contributed by atoms with Crippen LogP contribution in [-0.2, 0) is 13.1 Å². The Morgan fingerprint density at radius 3 is 2.80 bits per heavy atom. The molecule has 2 nitrogen and oxygen atoms in total. The van der Waals surface area contributed by atoms with E-state index in [4.69, 9.17) is 0 Å². The van der Waals surface area contributed by atoms with E-state index in [1.54, 1.807) is 0 Å². The minimum atomic E-state index is 0.195. The van der Waals surface area contributed by atoms with Gasteiger partial charge in [0.15, 0.2) is 0 Å². The van der Waals surface area contributed by atoms with Crippen molar-refractivity contribution >= 4 is 11.3 Å². The Hall–Kier alpha value is -0.380. The van der Waals surface area contributed by atoms with Crippen LogP contribution in [0.2, 0.25) is 0 Å². The minimum Gasteiger partial charge on any atom is -0.307 e. The molecule has 1 aliphatic heterocycles. The lowest BCUT2D eigenvalue weighted by atomic mass is 10.00. The van der Waals surface area contributed by atoms with Crippen LogP contribution in [0.1, 0.15) is 55.9 Å². The summed E-state index contributed by atoms with van der Waals surface area (Å²) in [6, 6.07) is 2.41. The molecule has 0 radical (unpaired) electrons. The Labute approximate surface area is 128 Å². The Kier molecular flexibility index (Phi) is 5.27. The number of piperidine rings is 1. The molecule has 1 fully saturated rings. The zero-order valence-corrected chi connectivity index (χ0v) is 14.6. The molecule has 20 heavy (non-hydrogen) atoms. The Morgan fingerprint density at radius 2 is 2.15 bits per heavy atom. The smallest absolute Gasteiger partial charge is 0.0304 e. The molecule has 2 heterocycles. The van der Waals surface area contributed by atoms with Crippen molar-refractivity contribution in [3.8, 4) is 0 Å². The zero-order chi connectivity index (χ0) is 14.8. The van der Waals surface area contributed by atoms with E-state index in [9.17, 15) is 0 Å². The number of aryl methyl sites for hydroxylation is 1. The van der Waals surface area contributed by atoms with Crippen LogP contribution >= 0.6 is 11.3 Å². The van der Waals surface area contributed by atoms with Crippen molar-refractivity contribution in [1.82, 2.24) is 10.2 Å². The first-order chi connectivity index (χ1) is 9.33. The van der Waals surface area contributed by atoms with Crippen LogP contribution < -0.4 is 5.32 Å². The van der Waals surface area contributed by atoms with Crippen LogP contribution in [0.4, 0.5) is 0 Å². The fourth-order valence-electron chi connectivity index (χ4n) is 2.86. The van der Waals surface area contributed by atoms with Crippen LogP contribution in [0.5, 0.6) is 0 Å². The molecule has 0 spiro atoms. The molecule has 1 N–H and O–H groups in total. The molecule has 0 saturated carbocycles. The molecular weight excluding hydrogens is 264 g/mol. The van der Waals surface area contributed by atoms with Gasteiger partial charge in [0.05, 0.1) is 0 Å². The Bertz CT molecular complexity index is 431. The molecule has 0 aromatic carbocycles. The molecule has 1 aliphatic rings. The molecule has 3 heteroatoms. The van der Waals surface area contributed by atoms with Crippen molar-refractivity contribution in [3.05, 3.63) is 21.4 Å². The van der Waals surface area contributed by atoms with Crippen LogP contribution in [0.25, 0.3) is 0 Å². The van der Waals surface area contributed by atoms with Crippen LogP contribution in [0, 0.1) is 12.8 Å². The third-order valence-electron chi connectivity index (χ3n) is 4.00. The summed E-state index contributed by atoms with van der Waals surface area (Å²) in [5, 5.41) is 3.59. The van der Waals surface area contributed by atoms with Gasteiger partial charge in [-0.15, -0.1) is 11.3 Å². The first-order valence-corrected chi connectivity index (χ1v) is 8.71. The molecule has 0 aliphatic carbocycles. The third-order valence-corrected chi connectivity index (χ3v) is 5.09. The van der Waals surface area contributed by atoms with Crippen molar-refractivity contribution in [2.24, 2.45) is 5.92 Å². The summed E-state index contributed by atoms with van der Waals surface area (Å²) in [4.78, 5) is 5.59. The van der Waals surface area contributed by atoms with Gasteiger partial charge in [-0.05, 0) is 64.6 Å². The number of likely N-dealkylation sites (tertiary alicyclic amines) is 1. The van der Waals surface area contributed by atoms with Gasteiger partial charge in [-0.2, -0.15) is 0 Å². The summed E-state index contributed by atoms with van der Waals surface area (Å²) < 4.78 is 0. The van der Waals surface area contributed by atoms with E-state index in [0.717, 1.165) is 19.0 Å². The van der Waals surface area contributed by atoms with E-state index >= 15 is 0 Å². The molecule has 1 aromatic rings. The number of nitrogens with one attached hydrogen (secondary N) is 1. The van der Waals surface area contributed by atoms with Gasteiger partial charge in [0.25, 0.3) is 0 Å². The first kappa shape index (κ1) is 16.0. The number of hydrogen-bond acceptors (Lipinski definition) is 3. The molecule has 1 saturated heterocycles. The van der Waals surface area contributed by atoms with E-state index in [1.165, 1.54) is 41.2 Å². The molecule has 1 atom stereocenters. The average molecular weight is 295 g/mol. The third kappa shape index (κ3) is 4.87. The van der Waals surface area contributed by atoms with Crippen LogP contribution in [-0.4, -0.2) is 23.5 Å². The van der Waals surface area contributed by atoms with E-state index in [2.05, 4.69) is 50.9 Å². The highest BCUT2D eigenvalue weighted by Gasteiger charge is 2.18. The van der Waals surface area contributed by atoms with Gasteiger partial charge in [0.1, 0.15) is 0 Å². The van der Waals surface area contributed by atoms with Crippen LogP contribution in [0.15, 0.2) is 6.07 Å². The molecule has 0 amide bonds. The minimum absolute atomic E-state index is 0.195. The van der Waals surface area contributed by atoms with Crippen molar-refractivity contribution in [3.63, 3.8) is 0 Å². The number of thiophene rings is 1. The van der Waals surface area contributed by atoms with Gasteiger partial charge >= 0.3 is 0 Å². The number of hydrogen-bond donors (Lipinski definition) is 1. The van der Waals surface area contributed by atoms with E-state index in [-0.39, 0.29) is 5.54 Å². The fourth-order valence-corrected chi connectivity index (χ4v) is 3.85. The van der Waals surface area contributed by atoms with Gasteiger partial charge in [-0.1, -0.05) is 6.92 Å². The second-order valence-corrected chi connectivity index (χ2v) is 8.72. The lowest BCUT2D eigenvalue weighted by Gasteiger charge is -2.30. The molecule has 1 unspecified atom stereocenters. The lowest BCUT2D eigenvalue weighted by molar-refractivity contribution is 0.176. The second-order valence-electron chi connectivity index (χ2n) is 7.38. The van der Waals surface area contributed by atoms with Crippen LogP contribution in [0.3, 0.4) is 0 Å². The van der Waals surface area contributed by atoms with Crippen molar-refractivity contribution < 1.29 is 0 Å². The molecule has 1 aromatic heterocycles. The standard InChI is InChI=1S/C17H30N2S/c1-13-7-6-8-19(11-13)12-15-9-16(20-14(15)2)10-18-17(3,4)5/h9,13,18H,6-8,10-12H2,1-5H3. The lowest BCUT2D eigenvalue weighted by Crippen LogP contribution is -2.34. The van der Waals surface area contributed by atoms with Crippen molar-refractivity contribution in [2.75, 3.05) is 13.1 Å². The van der Waals surface area contributed by atoms with Gasteiger partial charge in [-0.25, -0.2) is 0 Å². The average Bonchev–Trinajstić information content (AvgIpc) is 2.67. The highest BCUT2D eigenvalue weighted by Crippen LogP contribution is 2.25. The maximum absolute atomic E-state index is 3.59. The topological polar surface area (TPSA) is 15.3 Å². The van der Waals surface area contributed by atoms with Gasteiger partial charge in [0, 0.05) is 34.9 Å². The summed E-state index contributed by atoms with van der Waals surface area (Å²) in [7, 11) is 0. The first-order valence-electron chi connectivity index (χ1n) is 7.89. The summed E-state index contributed by atoms with van der Waals surface area (Å²) in [6.07, 6.45) is 2.77. The summed E-state index contributed by atoms with van der Waals surface area (Å²) in [5.41, 5.74) is 1.73. The van der Waals surface area contributed by atoms with E-state index in [1.807, 2.05) is 11.3 Å². The summed E-state index contributed by atoms with van der Waals surface area (Å²) >= 11 is 1.96. The molecule has 114 valence electrons. The second kappa shape index (κ2) is 6.59. The zero-order valence-electron chi connectivity index (χ0n) is 13.8. The summed E-state index contributed by atoms with van der Waals surface area (Å²) in [6.45, 7) is 16.0. The maximum Gasteiger partial charge on any atom is 0.0304 e. The largest absolute Gasteiger partial charge is 0.307 e. The molecular formula is C17H30N2S. The number of rotatable bonds is 4. The fraction of sp³-hybridized carbons (Fsp3) is 0.765. The Balaban J connectivity index is 1.93. The van der Waals surface area contributed by atoms with Gasteiger partial charge < -0.3 is 5.32 Å². The number of nitrogens with zero attached hydrogens (tertiary/aromatic N) is 1. The van der Waals surface area contributed by atoms with E-state index in [0.29, 0.717) is 0 Å².